The highest BCUT2D eigenvalue weighted by molar-refractivity contribution is 7.89. The van der Waals surface area contributed by atoms with Gasteiger partial charge in [-0.2, -0.15) is 0 Å². The van der Waals surface area contributed by atoms with Crippen molar-refractivity contribution in [2.75, 3.05) is 6.54 Å². The minimum atomic E-state index is -3.52. The molecule has 118 valence electrons. The minimum Gasteiger partial charge on any atom is -0.211 e. The number of aryl methyl sites for hydroxylation is 2. The third-order valence-corrected chi connectivity index (χ3v) is 5.52. The summed E-state index contributed by atoms with van der Waals surface area (Å²) in [5.74, 6) is 0. The van der Waals surface area contributed by atoms with Gasteiger partial charge in [-0.05, 0) is 55.2 Å². The van der Waals surface area contributed by atoms with E-state index in [4.69, 9.17) is 23.2 Å². The molecule has 2 aromatic carbocycles. The topological polar surface area (TPSA) is 46.2 Å². The summed E-state index contributed by atoms with van der Waals surface area (Å²) in [6, 6.07) is 10.6. The van der Waals surface area contributed by atoms with Crippen molar-refractivity contribution in [3.05, 3.63) is 63.1 Å². The molecule has 2 aromatic rings. The van der Waals surface area contributed by atoms with E-state index in [0.717, 1.165) is 16.7 Å². The van der Waals surface area contributed by atoms with Gasteiger partial charge in [-0.25, -0.2) is 13.1 Å². The molecule has 0 aliphatic rings. The lowest BCUT2D eigenvalue weighted by atomic mass is 10.1. The molecule has 0 aromatic heterocycles. The highest BCUT2D eigenvalue weighted by Crippen LogP contribution is 2.21. The van der Waals surface area contributed by atoms with Gasteiger partial charge in [0, 0.05) is 16.6 Å². The Labute approximate surface area is 141 Å². The van der Waals surface area contributed by atoms with Gasteiger partial charge in [0.05, 0.1) is 4.90 Å². The largest absolute Gasteiger partial charge is 0.240 e. The molecule has 0 atom stereocenters. The van der Waals surface area contributed by atoms with Crippen LogP contribution in [0.3, 0.4) is 0 Å². The molecular formula is C16H17Cl2NO2S. The molecule has 0 aliphatic carbocycles. The molecule has 0 fully saturated rings. The zero-order valence-corrected chi connectivity index (χ0v) is 14.7. The summed E-state index contributed by atoms with van der Waals surface area (Å²) in [6.45, 7) is 3.92. The highest BCUT2D eigenvalue weighted by atomic mass is 35.5. The second-order valence-electron chi connectivity index (χ2n) is 5.15. The molecule has 6 heteroatoms. The molecule has 0 heterocycles. The molecule has 22 heavy (non-hydrogen) atoms. The van der Waals surface area contributed by atoms with Crippen molar-refractivity contribution in [2.45, 2.75) is 25.2 Å². The molecule has 0 radical (unpaired) electrons. The molecule has 0 bridgehead atoms. The van der Waals surface area contributed by atoms with Crippen LogP contribution in [0.4, 0.5) is 0 Å². The first-order valence-electron chi connectivity index (χ1n) is 6.80. The van der Waals surface area contributed by atoms with Crippen LogP contribution in [0.1, 0.15) is 16.7 Å². The quantitative estimate of drug-likeness (QED) is 0.874. The van der Waals surface area contributed by atoms with E-state index >= 15 is 0 Å². The average molecular weight is 358 g/mol. The Kier molecular flexibility index (Phi) is 5.50. The van der Waals surface area contributed by atoms with Gasteiger partial charge in [0.25, 0.3) is 0 Å². The van der Waals surface area contributed by atoms with Gasteiger partial charge in [-0.15, -0.1) is 0 Å². The van der Waals surface area contributed by atoms with Crippen molar-refractivity contribution in [1.29, 1.82) is 0 Å². The Balaban J connectivity index is 2.08. The predicted octanol–water partition coefficient (Wildman–Crippen LogP) is 4.13. The van der Waals surface area contributed by atoms with Gasteiger partial charge in [0.15, 0.2) is 0 Å². The summed E-state index contributed by atoms with van der Waals surface area (Å²) >= 11 is 11.9. The number of sulfonamides is 1. The van der Waals surface area contributed by atoms with E-state index in [0.29, 0.717) is 21.4 Å². The van der Waals surface area contributed by atoms with Crippen molar-refractivity contribution < 1.29 is 8.42 Å². The Morgan fingerprint density at radius 2 is 1.77 bits per heavy atom. The van der Waals surface area contributed by atoms with Crippen molar-refractivity contribution in [3.63, 3.8) is 0 Å². The summed E-state index contributed by atoms with van der Waals surface area (Å²) < 4.78 is 27.4. The van der Waals surface area contributed by atoms with Gasteiger partial charge < -0.3 is 0 Å². The fourth-order valence-electron chi connectivity index (χ4n) is 2.12. The lowest BCUT2D eigenvalue weighted by Crippen LogP contribution is -2.26. The standard InChI is InChI=1S/C16H17Cl2NO2S/c1-11-3-4-12(2)16(9-11)22(20,21)19-8-7-13-5-6-14(17)10-15(13)18/h3-6,9-10,19H,7-8H2,1-2H3. The predicted molar refractivity (Wildman–Crippen MR) is 91.3 cm³/mol. The van der Waals surface area contributed by atoms with E-state index < -0.39 is 10.0 Å². The Morgan fingerprint density at radius 3 is 2.45 bits per heavy atom. The van der Waals surface area contributed by atoms with E-state index in [1.807, 2.05) is 13.0 Å². The first kappa shape index (κ1) is 17.3. The summed E-state index contributed by atoms with van der Waals surface area (Å²) in [6.07, 6.45) is 0.500. The summed E-state index contributed by atoms with van der Waals surface area (Å²) in [5, 5.41) is 1.10. The van der Waals surface area contributed by atoms with Crippen LogP contribution in [0, 0.1) is 13.8 Å². The van der Waals surface area contributed by atoms with Crippen LogP contribution >= 0.6 is 23.2 Å². The van der Waals surface area contributed by atoms with Crippen LogP contribution in [0.2, 0.25) is 10.0 Å². The van der Waals surface area contributed by atoms with Crippen LogP contribution < -0.4 is 4.72 Å². The van der Waals surface area contributed by atoms with E-state index in [-0.39, 0.29) is 6.54 Å². The molecule has 0 unspecified atom stereocenters. The normalized spacial score (nSPS) is 11.6. The van der Waals surface area contributed by atoms with E-state index in [2.05, 4.69) is 4.72 Å². The van der Waals surface area contributed by atoms with Gasteiger partial charge in [-0.1, -0.05) is 41.4 Å². The lowest BCUT2D eigenvalue weighted by molar-refractivity contribution is 0.581. The summed E-state index contributed by atoms with van der Waals surface area (Å²) in [4.78, 5) is 0.315. The van der Waals surface area contributed by atoms with Crippen LogP contribution in [0.15, 0.2) is 41.3 Å². The fraction of sp³-hybridized carbons (Fsp3) is 0.250. The van der Waals surface area contributed by atoms with Crippen LogP contribution in [-0.4, -0.2) is 15.0 Å². The average Bonchev–Trinajstić information content (AvgIpc) is 2.44. The van der Waals surface area contributed by atoms with E-state index in [1.54, 1.807) is 37.3 Å². The molecule has 0 saturated carbocycles. The molecule has 2 rings (SSSR count). The van der Waals surface area contributed by atoms with Crippen molar-refractivity contribution in [3.8, 4) is 0 Å². The SMILES string of the molecule is Cc1ccc(C)c(S(=O)(=O)NCCc2ccc(Cl)cc2Cl)c1. The third-order valence-electron chi connectivity index (χ3n) is 3.33. The minimum absolute atomic E-state index is 0.275. The van der Waals surface area contributed by atoms with Crippen molar-refractivity contribution >= 4 is 33.2 Å². The van der Waals surface area contributed by atoms with Gasteiger partial charge in [0.2, 0.25) is 10.0 Å². The Morgan fingerprint density at radius 1 is 1.05 bits per heavy atom. The second-order valence-corrected chi connectivity index (χ2v) is 7.73. The second kappa shape index (κ2) is 7.01. The lowest BCUT2D eigenvalue weighted by Gasteiger charge is -2.11. The van der Waals surface area contributed by atoms with E-state index in [9.17, 15) is 8.42 Å². The molecular weight excluding hydrogens is 341 g/mol. The first-order valence-corrected chi connectivity index (χ1v) is 9.04. The van der Waals surface area contributed by atoms with Gasteiger partial charge in [-0.3, -0.25) is 0 Å². The zero-order chi connectivity index (χ0) is 16.3. The monoisotopic (exact) mass is 357 g/mol. The fourth-order valence-corrected chi connectivity index (χ4v) is 3.98. The number of hydrogen-bond acceptors (Lipinski definition) is 2. The molecule has 0 spiro atoms. The maximum Gasteiger partial charge on any atom is 0.240 e. The maximum absolute atomic E-state index is 12.4. The number of benzene rings is 2. The molecule has 0 amide bonds. The zero-order valence-electron chi connectivity index (χ0n) is 12.4. The van der Waals surface area contributed by atoms with Crippen LogP contribution in [0.25, 0.3) is 0 Å². The van der Waals surface area contributed by atoms with Crippen molar-refractivity contribution in [2.24, 2.45) is 0 Å². The summed E-state index contributed by atoms with van der Waals surface area (Å²) in [7, 11) is -3.52. The van der Waals surface area contributed by atoms with Crippen molar-refractivity contribution in [1.82, 2.24) is 4.72 Å². The first-order chi connectivity index (χ1) is 10.3. The molecule has 3 nitrogen and oxygen atoms in total. The van der Waals surface area contributed by atoms with Gasteiger partial charge in [0.1, 0.15) is 0 Å². The third kappa shape index (κ3) is 4.23. The number of hydrogen-bond donors (Lipinski definition) is 1. The Hall–Kier alpha value is -1.07. The van der Waals surface area contributed by atoms with Gasteiger partial charge >= 0.3 is 0 Å². The smallest absolute Gasteiger partial charge is 0.211 e. The maximum atomic E-state index is 12.4. The Bertz CT molecular complexity index is 789. The van der Waals surface area contributed by atoms with Crippen LogP contribution in [0.5, 0.6) is 0 Å². The summed E-state index contributed by atoms with van der Waals surface area (Å²) in [5.41, 5.74) is 2.49. The van der Waals surface area contributed by atoms with Crippen LogP contribution in [-0.2, 0) is 16.4 Å². The highest BCUT2D eigenvalue weighted by Gasteiger charge is 2.16. The molecule has 0 saturated heterocycles. The molecule has 0 aliphatic heterocycles. The van der Waals surface area contributed by atoms with E-state index in [1.165, 1.54) is 0 Å². The number of halogens is 2. The molecule has 1 N–H and O–H groups in total. The number of nitrogens with one attached hydrogen (secondary N) is 1. The number of rotatable bonds is 5.